The molecule has 5 heteroatoms. The molecule has 0 saturated heterocycles. The summed E-state index contributed by atoms with van der Waals surface area (Å²) in [6.45, 7) is 1.54. The Morgan fingerprint density at radius 3 is 2.94 bits per heavy atom. The first-order valence-electron chi connectivity index (χ1n) is 5.05. The minimum atomic E-state index is 0. The summed E-state index contributed by atoms with van der Waals surface area (Å²) in [5, 5.41) is 0. The standard InChI is InChI=1S/C11H14N2O2.ClH/c12-6-5-11(14)13-7-8-15-10-4-2-1-3-9(10)13;/h1-4H,5-8,12H2;1H. The summed E-state index contributed by atoms with van der Waals surface area (Å²) >= 11 is 0. The van der Waals surface area contributed by atoms with Gasteiger partial charge in [-0.3, -0.25) is 4.79 Å². The predicted molar refractivity (Wildman–Crippen MR) is 65.2 cm³/mol. The molecule has 0 bridgehead atoms. The zero-order chi connectivity index (χ0) is 10.7. The molecule has 0 radical (unpaired) electrons. The Labute approximate surface area is 101 Å². The topological polar surface area (TPSA) is 55.6 Å². The largest absolute Gasteiger partial charge is 0.490 e. The van der Waals surface area contributed by atoms with E-state index in [0.717, 1.165) is 11.4 Å². The molecule has 1 aliphatic rings. The highest BCUT2D eigenvalue weighted by Crippen LogP contribution is 2.31. The third kappa shape index (κ3) is 2.46. The molecule has 1 aromatic carbocycles. The fourth-order valence-electron chi connectivity index (χ4n) is 1.69. The fourth-order valence-corrected chi connectivity index (χ4v) is 1.69. The second kappa shape index (κ2) is 5.72. The van der Waals surface area contributed by atoms with Gasteiger partial charge < -0.3 is 15.4 Å². The highest BCUT2D eigenvalue weighted by molar-refractivity contribution is 5.95. The molecule has 1 amide bonds. The van der Waals surface area contributed by atoms with E-state index < -0.39 is 0 Å². The Morgan fingerprint density at radius 1 is 1.44 bits per heavy atom. The van der Waals surface area contributed by atoms with Gasteiger partial charge in [-0.1, -0.05) is 12.1 Å². The molecule has 1 aliphatic heterocycles. The van der Waals surface area contributed by atoms with E-state index in [2.05, 4.69) is 0 Å². The van der Waals surface area contributed by atoms with Crippen LogP contribution in [0.25, 0.3) is 0 Å². The summed E-state index contributed by atoms with van der Waals surface area (Å²) in [7, 11) is 0. The van der Waals surface area contributed by atoms with E-state index in [4.69, 9.17) is 10.5 Å². The molecule has 1 aromatic rings. The number of carbonyl (C=O) groups is 1. The average molecular weight is 243 g/mol. The second-order valence-corrected chi connectivity index (χ2v) is 3.40. The number of anilines is 1. The average Bonchev–Trinajstić information content (AvgIpc) is 2.28. The molecular weight excluding hydrogens is 228 g/mol. The summed E-state index contributed by atoms with van der Waals surface area (Å²) < 4.78 is 5.46. The van der Waals surface area contributed by atoms with Crippen LogP contribution in [0, 0.1) is 0 Å². The summed E-state index contributed by atoms with van der Waals surface area (Å²) in [6.07, 6.45) is 0.383. The van der Waals surface area contributed by atoms with Gasteiger partial charge in [-0.2, -0.15) is 0 Å². The Morgan fingerprint density at radius 2 is 2.19 bits per heavy atom. The highest BCUT2D eigenvalue weighted by atomic mass is 35.5. The number of halogens is 1. The minimum Gasteiger partial charge on any atom is -0.490 e. The van der Waals surface area contributed by atoms with E-state index in [1.165, 1.54) is 0 Å². The van der Waals surface area contributed by atoms with Crippen molar-refractivity contribution < 1.29 is 9.53 Å². The van der Waals surface area contributed by atoms with Crippen LogP contribution in [0.2, 0.25) is 0 Å². The van der Waals surface area contributed by atoms with Crippen LogP contribution in [-0.4, -0.2) is 25.6 Å². The number of nitrogens with two attached hydrogens (primary N) is 1. The number of carbonyl (C=O) groups excluding carboxylic acids is 1. The Kier molecular flexibility index (Phi) is 4.58. The van der Waals surface area contributed by atoms with Crippen LogP contribution in [-0.2, 0) is 4.79 Å². The zero-order valence-corrected chi connectivity index (χ0v) is 9.70. The first-order valence-corrected chi connectivity index (χ1v) is 5.05. The molecule has 0 fully saturated rings. The van der Waals surface area contributed by atoms with Crippen molar-refractivity contribution in [2.75, 3.05) is 24.6 Å². The van der Waals surface area contributed by atoms with E-state index in [0.29, 0.717) is 26.1 Å². The lowest BCUT2D eigenvalue weighted by molar-refractivity contribution is -0.118. The Balaban J connectivity index is 0.00000128. The lowest BCUT2D eigenvalue weighted by atomic mass is 10.2. The van der Waals surface area contributed by atoms with Crippen molar-refractivity contribution in [1.82, 2.24) is 0 Å². The summed E-state index contributed by atoms with van der Waals surface area (Å²) in [5.41, 5.74) is 6.23. The van der Waals surface area contributed by atoms with E-state index in [1.54, 1.807) is 4.90 Å². The minimum absolute atomic E-state index is 0. The zero-order valence-electron chi connectivity index (χ0n) is 8.89. The van der Waals surface area contributed by atoms with Crippen LogP contribution < -0.4 is 15.4 Å². The first kappa shape index (κ1) is 12.8. The van der Waals surface area contributed by atoms with Gasteiger partial charge in [0, 0.05) is 13.0 Å². The maximum absolute atomic E-state index is 11.8. The van der Waals surface area contributed by atoms with E-state index in [9.17, 15) is 4.79 Å². The molecule has 0 saturated carbocycles. The fraction of sp³-hybridized carbons (Fsp3) is 0.364. The van der Waals surface area contributed by atoms with Gasteiger partial charge in [0.1, 0.15) is 12.4 Å². The smallest absolute Gasteiger partial charge is 0.228 e. The van der Waals surface area contributed by atoms with Crippen LogP contribution in [0.1, 0.15) is 6.42 Å². The van der Waals surface area contributed by atoms with E-state index in [1.807, 2.05) is 24.3 Å². The van der Waals surface area contributed by atoms with Gasteiger partial charge in [0.05, 0.1) is 12.2 Å². The molecule has 88 valence electrons. The third-order valence-corrected chi connectivity index (χ3v) is 2.39. The van der Waals surface area contributed by atoms with Crippen molar-refractivity contribution in [2.45, 2.75) is 6.42 Å². The molecule has 2 rings (SSSR count). The van der Waals surface area contributed by atoms with Gasteiger partial charge in [-0.25, -0.2) is 0 Å². The molecule has 0 unspecified atom stereocenters. The van der Waals surface area contributed by atoms with Gasteiger partial charge in [0.2, 0.25) is 5.91 Å². The van der Waals surface area contributed by atoms with Gasteiger partial charge in [-0.05, 0) is 12.1 Å². The lowest BCUT2D eigenvalue weighted by Gasteiger charge is -2.29. The molecule has 0 spiro atoms. The third-order valence-electron chi connectivity index (χ3n) is 2.39. The second-order valence-electron chi connectivity index (χ2n) is 3.40. The number of hydrogen-bond acceptors (Lipinski definition) is 3. The van der Waals surface area contributed by atoms with Crippen molar-refractivity contribution in [3.63, 3.8) is 0 Å². The summed E-state index contributed by atoms with van der Waals surface area (Å²) in [4.78, 5) is 13.5. The van der Waals surface area contributed by atoms with Gasteiger partial charge in [0.15, 0.2) is 0 Å². The number of rotatable bonds is 2. The predicted octanol–water partition coefficient (Wildman–Crippen LogP) is 1.18. The van der Waals surface area contributed by atoms with Crippen molar-refractivity contribution in [3.05, 3.63) is 24.3 Å². The van der Waals surface area contributed by atoms with Crippen LogP contribution in [0.5, 0.6) is 5.75 Å². The molecular formula is C11H15ClN2O2. The monoisotopic (exact) mass is 242 g/mol. The highest BCUT2D eigenvalue weighted by Gasteiger charge is 2.22. The molecule has 1 heterocycles. The maximum Gasteiger partial charge on any atom is 0.228 e. The number of para-hydroxylation sites is 2. The molecule has 0 aliphatic carbocycles. The number of nitrogens with zero attached hydrogens (tertiary/aromatic N) is 1. The summed E-state index contributed by atoms with van der Waals surface area (Å²) in [5.74, 6) is 0.836. The van der Waals surface area contributed by atoms with Crippen molar-refractivity contribution >= 4 is 24.0 Å². The molecule has 4 nitrogen and oxygen atoms in total. The molecule has 0 atom stereocenters. The lowest BCUT2D eigenvalue weighted by Crippen LogP contribution is -2.38. The number of fused-ring (bicyclic) bond motifs is 1. The van der Waals surface area contributed by atoms with Crippen LogP contribution in [0.3, 0.4) is 0 Å². The van der Waals surface area contributed by atoms with Gasteiger partial charge in [-0.15, -0.1) is 12.4 Å². The molecule has 0 aromatic heterocycles. The maximum atomic E-state index is 11.8. The Bertz CT molecular complexity index is 371. The van der Waals surface area contributed by atoms with E-state index >= 15 is 0 Å². The quantitative estimate of drug-likeness (QED) is 0.848. The first-order chi connectivity index (χ1) is 7.33. The van der Waals surface area contributed by atoms with Crippen molar-refractivity contribution in [1.29, 1.82) is 0 Å². The van der Waals surface area contributed by atoms with Crippen LogP contribution >= 0.6 is 12.4 Å². The number of hydrogen-bond donors (Lipinski definition) is 1. The SMILES string of the molecule is Cl.NCCC(=O)N1CCOc2ccccc21. The van der Waals surface area contributed by atoms with Crippen molar-refractivity contribution in [3.8, 4) is 5.75 Å². The Hall–Kier alpha value is -1.26. The molecule has 16 heavy (non-hydrogen) atoms. The van der Waals surface area contributed by atoms with Gasteiger partial charge >= 0.3 is 0 Å². The van der Waals surface area contributed by atoms with Crippen molar-refractivity contribution in [2.24, 2.45) is 5.73 Å². The van der Waals surface area contributed by atoms with Crippen LogP contribution in [0.15, 0.2) is 24.3 Å². The normalized spacial score (nSPS) is 13.4. The number of benzene rings is 1. The van der Waals surface area contributed by atoms with Gasteiger partial charge in [0.25, 0.3) is 0 Å². The van der Waals surface area contributed by atoms with E-state index in [-0.39, 0.29) is 18.3 Å². The number of ether oxygens (including phenoxy) is 1. The van der Waals surface area contributed by atoms with Crippen LogP contribution in [0.4, 0.5) is 5.69 Å². The summed E-state index contributed by atoms with van der Waals surface area (Å²) in [6, 6.07) is 7.56. The molecule has 2 N–H and O–H groups in total. The number of amides is 1.